The lowest BCUT2D eigenvalue weighted by Crippen LogP contribution is -2.18. The number of alkyl halides is 1. The summed E-state index contributed by atoms with van der Waals surface area (Å²) in [6.45, 7) is 3.06. The van der Waals surface area contributed by atoms with Crippen molar-refractivity contribution in [3.63, 3.8) is 0 Å². The van der Waals surface area contributed by atoms with Gasteiger partial charge < -0.3 is 9.47 Å². The molecule has 0 fully saturated rings. The number of benzene rings is 1. The third-order valence-electron chi connectivity index (χ3n) is 3.36. The number of hydrogen-bond acceptors (Lipinski definition) is 2. The minimum atomic E-state index is -0.453. The molecule has 0 bridgehead atoms. The van der Waals surface area contributed by atoms with Gasteiger partial charge in [-0.3, -0.25) is 0 Å². The predicted octanol–water partition coefficient (Wildman–Crippen LogP) is 4.08. The summed E-state index contributed by atoms with van der Waals surface area (Å²) in [7, 11) is 4.07. The number of aromatic nitrogens is 2. The molecule has 1 aromatic heterocycles. The molecule has 1 heterocycles. The van der Waals surface area contributed by atoms with Gasteiger partial charge in [-0.2, -0.15) is 0 Å². The molecule has 0 aliphatic rings. The summed E-state index contributed by atoms with van der Waals surface area (Å²) >= 11 is 11.9. The summed E-state index contributed by atoms with van der Waals surface area (Å²) in [6.07, 6.45) is 0.956. The van der Waals surface area contributed by atoms with Crippen molar-refractivity contribution < 1.29 is 4.39 Å². The first-order valence-electron chi connectivity index (χ1n) is 6.50. The zero-order chi connectivity index (χ0) is 14.9. The van der Waals surface area contributed by atoms with Crippen molar-refractivity contribution >= 4 is 34.2 Å². The molecular weight excluding hydrogens is 300 g/mol. The Morgan fingerprint density at radius 1 is 1.40 bits per heavy atom. The number of hydrogen-bond donors (Lipinski definition) is 0. The van der Waals surface area contributed by atoms with Crippen LogP contribution in [-0.4, -0.2) is 35.1 Å². The van der Waals surface area contributed by atoms with Crippen molar-refractivity contribution in [3.8, 4) is 0 Å². The Hall–Kier alpha value is -0.840. The molecule has 20 heavy (non-hydrogen) atoms. The maximum absolute atomic E-state index is 13.5. The fourth-order valence-electron chi connectivity index (χ4n) is 2.30. The molecule has 0 radical (unpaired) electrons. The highest BCUT2D eigenvalue weighted by atomic mass is 35.5. The number of halogens is 3. The topological polar surface area (TPSA) is 21.1 Å². The maximum atomic E-state index is 13.5. The molecular formula is C14H18Cl2FN3. The van der Waals surface area contributed by atoms with E-state index in [0.717, 1.165) is 24.3 Å². The Balaban J connectivity index is 2.46. The molecule has 0 aliphatic carbocycles. The first-order valence-corrected chi connectivity index (χ1v) is 7.41. The van der Waals surface area contributed by atoms with Gasteiger partial charge in [-0.1, -0.05) is 11.6 Å². The summed E-state index contributed by atoms with van der Waals surface area (Å²) < 4.78 is 15.6. The minimum absolute atomic E-state index is 0.111. The van der Waals surface area contributed by atoms with E-state index in [0.29, 0.717) is 11.4 Å². The van der Waals surface area contributed by atoms with Gasteiger partial charge in [0.2, 0.25) is 0 Å². The largest absolute Gasteiger partial charge is 0.324 e. The smallest absolute Gasteiger partial charge is 0.144 e. The third-order valence-corrected chi connectivity index (χ3v) is 3.89. The minimum Gasteiger partial charge on any atom is -0.324 e. The van der Waals surface area contributed by atoms with Crippen molar-refractivity contribution in [1.82, 2.24) is 14.5 Å². The Bertz CT molecular complexity index is 610. The summed E-state index contributed by atoms with van der Waals surface area (Å²) in [6, 6.07) is 3.21. The highest BCUT2D eigenvalue weighted by Gasteiger charge is 2.17. The number of nitrogens with zero attached hydrogens (tertiary/aromatic N) is 3. The van der Waals surface area contributed by atoms with E-state index in [2.05, 4.69) is 21.4 Å². The van der Waals surface area contributed by atoms with Crippen LogP contribution >= 0.6 is 23.2 Å². The number of imidazole rings is 1. The zero-order valence-corrected chi connectivity index (χ0v) is 13.3. The Kier molecular flexibility index (Phi) is 4.89. The van der Waals surface area contributed by atoms with Crippen LogP contribution in [0.1, 0.15) is 25.2 Å². The van der Waals surface area contributed by atoms with E-state index in [-0.39, 0.29) is 11.1 Å². The summed E-state index contributed by atoms with van der Waals surface area (Å²) in [5.41, 5.74) is 1.43. The van der Waals surface area contributed by atoms with E-state index in [4.69, 9.17) is 23.2 Å². The maximum Gasteiger partial charge on any atom is 0.144 e. The van der Waals surface area contributed by atoms with Crippen molar-refractivity contribution in [2.75, 3.05) is 20.6 Å². The van der Waals surface area contributed by atoms with Crippen LogP contribution in [0.4, 0.5) is 4.39 Å². The summed E-state index contributed by atoms with van der Waals surface area (Å²) in [5, 5.41) is 0.111. The van der Waals surface area contributed by atoms with Crippen LogP contribution in [-0.2, 0) is 5.88 Å². The van der Waals surface area contributed by atoms with E-state index < -0.39 is 5.82 Å². The Labute approximate surface area is 128 Å². The highest BCUT2D eigenvalue weighted by molar-refractivity contribution is 6.31. The second-order valence-electron chi connectivity index (χ2n) is 5.23. The van der Waals surface area contributed by atoms with Gasteiger partial charge in [0.25, 0.3) is 0 Å². The zero-order valence-electron chi connectivity index (χ0n) is 11.8. The van der Waals surface area contributed by atoms with Gasteiger partial charge in [0, 0.05) is 12.1 Å². The molecule has 0 saturated heterocycles. The molecule has 2 aromatic rings. The van der Waals surface area contributed by atoms with Crippen molar-refractivity contribution in [2.45, 2.75) is 25.3 Å². The van der Waals surface area contributed by atoms with Crippen LogP contribution in [0, 0.1) is 5.82 Å². The molecule has 0 spiro atoms. The third kappa shape index (κ3) is 3.08. The molecule has 0 aliphatic heterocycles. The predicted molar refractivity (Wildman–Crippen MR) is 82.1 cm³/mol. The van der Waals surface area contributed by atoms with Gasteiger partial charge in [-0.15, -0.1) is 11.6 Å². The Morgan fingerprint density at radius 3 is 2.70 bits per heavy atom. The van der Waals surface area contributed by atoms with Crippen molar-refractivity contribution in [2.24, 2.45) is 0 Å². The molecule has 3 nitrogen and oxygen atoms in total. The van der Waals surface area contributed by atoms with Crippen LogP contribution in [0.3, 0.4) is 0 Å². The van der Waals surface area contributed by atoms with Gasteiger partial charge in [-0.25, -0.2) is 9.37 Å². The van der Waals surface area contributed by atoms with Gasteiger partial charge in [0.15, 0.2) is 0 Å². The average Bonchev–Trinajstić information content (AvgIpc) is 2.74. The van der Waals surface area contributed by atoms with E-state index in [1.54, 1.807) is 6.07 Å². The van der Waals surface area contributed by atoms with Gasteiger partial charge >= 0.3 is 0 Å². The fourth-order valence-corrected chi connectivity index (χ4v) is 2.65. The molecule has 6 heteroatoms. The van der Waals surface area contributed by atoms with E-state index in [1.807, 2.05) is 14.1 Å². The summed E-state index contributed by atoms with van der Waals surface area (Å²) in [4.78, 5) is 6.53. The first-order chi connectivity index (χ1) is 9.43. The van der Waals surface area contributed by atoms with Crippen LogP contribution in [0.2, 0.25) is 5.02 Å². The van der Waals surface area contributed by atoms with E-state index in [9.17, 15) is 4.39 Å². The van der Waals surface area contributed by atoms with E-state index in [1.165, 1.54) is 6.07 Å². The SMILES string of the molecule is CC(CCN(C)C)n1c(CCl)nc2cc(F)c(Cl)cc21. The molecule has 1 unspecified atom stereocenters. The number of fused-ring (bicyclic) bond motifs is 1. The number of rotatable bonds is 5. The molecule has 0 amide bonds. The average molecular weight is 318 g/mol. The molecule has 110 valence electrons. The van der Waals surface area contributed by atoms with Crippen LogP contribution in [0.5, 0.6) is 0 Å². The quantitative estimate of drug-likeness (QED) is 0.775. The molecule has 2 rings (SSSR count). The Morgan fingerprint density at radius 2 is 2.10 bits per heavy atom. The molecule has 0 N–H and O–H groups in total. The second-order valence-corrected chi connectivity index (χ2v) is 5.90. The monoisotopic (exact) mass is 317 g/mol. The first kappa shape index (κ1) is 15.5. The lowest BCUT2D eigenvalue weighted by Gasteiger charge is -2.19. The van der Waals surface area contributed by atoms with Crippen LogP contribution < -0.4 is 0 Å². The fraction of sp³-hybridized carbons (Fsp3) is 0.500. The molecule has 1 atom stereocenters. The van der Waals surface area contributed by atoms with Gasteiger partial charge in [-0.05, 0) is 40.1 Å². The van der Waals surface area contributed by atoms with E-state index >= 15 is 0 Å². The van der Waals surface area contributed by atoms with Crippen molar-refractivity contribution in [3.05, 3.63) is 28.8 Å². The summed E-state index contributed by atoms with van der Waals surface area (Å²) in [5.74, 6) is 0.584. The highest BCUT2D eigenvalue weighted by Crippen LogP contribution is 2.28. The lowest BCUT2D eigenvalue weighted by molar-refractivity contribution is 0.358. The van der Waals surface area contributed by atoms with Crippen molar-refractivity contribution in [1.29, 1.82) is 0 Å². The van der Waals surface area contributed by atoms with Gasteiger partial charge in [0.05, 0.1) is 21.9 Å². The van der Waals surface area contributed by atoms with Gasteiger partial charge in [0.1, 0.15) is 11.6 Å². The normalized spacial score (nSPS) is 13.3. The van der Waals surface area contributed by atoms with Crippen LogP contribution in [0.25, 0.3) is 11.0 Å². The lowest BCUT2D eigenvalue weighted by atomic mass is 10.2. The molecule has 1 aromatic carbocycles. The van der Waals surface area contributed by atoms with Crippen LogP contribution in [0.15, 0.2) is 12.1 Å². The second kappa shape index (κ2) is 6.29. The standard InChI is InChI=1S/C14H18Cl2FN3/c1-9(4-5-19(2)3)20-13-6-10(16)11(17)7-12(13)18-14(20)8-15/h6-7,9H,4-5,8H2,1-3H3. The molecule has 0 saturated carbocycles.